The first-order valence-electron chi connectivity index (χ1n) is 22.4. The molecule has 0 saturated heterocycles. The Hall–Kier alpha value is -3.63. The number of quaternary nitrogens is 1. The van der Waals surface area contributed by atoms with Gasteiger partial charge < -0.3 is 33.0 Å². The van der Waals surface area contributed by atoms with E-state index in [0.29, 0.717) is 43.1 Å². The summed E-state index contributed by atoms with van der Waals surface area (Å²) in [5, 5.41) is 10.0. The zero-order valence-corrected chi connectivity index (χ0v) is 39.1. The van der Waals surface area contributed by atoms with Gasteiger partial charge in [0.05, 0.1) is 33.9 Å². The topological polar surface area (TPSA) is 131 Å². The number of nitrogens with zero attached hydrogens (tertiary/aromatic N) is 1. The molecule has 0 spiro atoms. The second-order valence-corrected chi connectivity index (χ2v) is 16.9. The Morgan fingerprint density at radius 3 is 1.75 bits per heavy atom. The summed E-state index contributed by atoms with van der Waals surface area (Å²) >= 11 is 0. The number of hydrogen-bond acceptors (Lipinski definition) is 9. The fourth-order valence-electron chi connectivity index (χ4n) is 5.05. The molecule has 0 aromatic rings. The highest BCUT2D eigenvalue weighted by atomic mass is 31.2. The molecule has 1 N–H and O–H groups in total. The van der Waals surface area contributed by atoms with Gasteiger partial charge in [-0.15, -0.1) is 0 Å². The first-order valence-corrected chi connectivity index (χ1v) is 23.8. The summed E-state index contributed by atoms with van der Waals surface area (Å²) in [4.78, 5) is 37.5. The lowest BCUT2D eigenvalue weighted by atomic mass is 10.2. The third kappa shape index (κ3) is 44.2. The lowest BCUT2D eigenvalue weighted by Crippen LogP contribution is -2.37. The van der Waals surface area contributed by atoms with E-state index in [4.69, 9.17) is 18.5 Å². The first-order chi connectivity index (χ1) is 29.4. The van der Waals surface area contributed by atoms with Crippen LogP contribution in [0.15, 0.2) is 122 Å². The van der Waals surface area contributed by atoms with Crippen molar-refractivity contribution in [1.29, 1.82) is 0 Å². The molecule has 2 unspecified atom stereocenters. The first kappa shape index (κ1) is 57.4. The number of esters is 2. The minimum Gasteiger partial charge on any atom is -0.756 e. The summed E-state index contributed by atoms with van der Waals surface area (Å²) in [6.07, 6.45) is 52.8. The third-order valence-corrected chi connectivity index (χ3v) is 9.52. The largest absolute Gasteiger partial charge is 0.756 e. The molecule has 0 aromatic heterocycles. The third-order valence-electron chi connectivity index (χ3n) is 8.56. The number of phosphoric acid groups is 1. The maximum Gasteiger partial charge on any atom is 0.306 e. The van der Waals surface area contributed by atoms with Gasteiger partial charge in [0.1, 0.15) is 19.8 Å². The van der Waals surface area contributed by atoms with Crippen molar-refractivity contribution in [2.45, 2.75) is 135 Å². The lowest BCUT2D eigenvalue weighted by Gasteiger charge is -2.28. The highest BCUT2D eigenvalue weighted by Gasteiger charge is 2.21. The Kier molecular flexibility index (Phi) is 38.0. The van der Waals surface area contributed by atoms with Crippen molar-refractivity contribution in [3.8, 4) is 0 Å². The lowest BCUT2D eigenvalue weighted by molar-refractivity contribution is -0.870. The molecule has 344 valence electrons. The van der Waals surface area contributed by atoms with Gasteiger partial charge >= 0.3 is 11.9 Å². The van der Waals surface area contributed by atoms with Crippen molar-refractivity contribution in [3.63, 3.8) is 0 Å². The number of carbonyl (C=O) groups excluding carboxylic acids is 2. The molecule has 3 atom stereocenters. The number of aliphatic hydroxyl groups excluding tert-OH is 1. The normalized spacial score (nSPS) is 15.2. The van der Waals surface area contributed by atoms with Crippen LogP contribution in [0.1, 0.15) is 123 Å². The van der Waals surface area contributed by atoms with Gasteiger partial charge in [0.2, 0.25) is 0 Å². The second-order valence-electron chi connectivity index (χ2n) is 15.5. The van der Waals surface area contributed by atoms with Gasteiger partial charge in [-0.05, 0) is 83.5 Å². The SMILES string of the molecule is CC/C=C\C/C=C\CC(O)/C=C/C=C\C/C=C\CCCC(=O)OC[C@H](COP(=O)([O-])OCC[N+](C)(C)C)OC(=O)CC/C=C\C/C=C\C/C=C\C/C=C\C/C=C\CCCCC. The molecule has 11 heteroatoms. The van der Waals surface area contributed by atoms with Gasteiger partial charge in [-0.1, -0.05) is 148 Å². The maximum absolute atomic E-state index is 12.7. The number of rotatable bonds is 38. The minimum atomic E-state index is -4.68. The molecule has 0 amide bonds. The zero-order chi connectivity index (χ0) is 45.1. The fraction of sp³-hybridized carbons (Fsp3) is 0.560. The van der Waals surface area contributed by atoms with E-state index in [2.05, 4.69) is 74.6 Å². The molecule has 0 aliphatic carbocycles. The fourth-order valence-corrected chi connectivity index (χ4v) is 5.78. The number of ether oxygens (including phenoxy) is 2. The van der Waals surface area contributed by atoms with E-state index in [1.807, 2.05) is 75.8 Å². The predicted octanol–water partition coefficient (Wildman–Crippen LogP) is 11.2. The number of phosphoric ester groups is 1. The van der Waals surface area contributed by atoms with E-state index < -0.39 is 38.6 Å². The Balaban J connectivity index is 4.66. The van der Waals surface area contributed by atoms with Crippen molar-refractivity contribution in [2.75, 3.05) is 47.5 Å². The van der Waals surface area contributed by atoms with Gasteiger partial charge in [-0.3, -0.25) is 14.2 Å². The van der Waals surface area contributed by atoms with Gasteiger partial charge in [-0.25, -0.2) is 0 Å². The summed E-state index contributed by atoms with van der Waals surface area (Å²) in [6, 6.07) is 0. The van der Waals surface area contributed by atoms with Crippen LogP contribution >= 0.6 is 7.82 Å². The predicted molar refractivity (Wildman–Crippen MR) is 250 cm³/mol. The van der Waals surface area contributed by atoms with Gasteiger partial charge in [0, 0.05) is 12.8 Å². The number of unbranched alkanes of at least 4 members (excludes halogenated alkanes) is 4. The van der Waals surface area contributed by atoms with Crippen molar-refractivity contribution >= 4 is 19.8 Å². The van der Waals surface area contributed by atoms with Crippen LogP contribution in [-0.2, 0) is 32.7 Å². The summed E-state index contributed by atoms with van der Waals surface area (Å²) in [5.41, 5.74) is 0. The Morgan fingerprint density at radius 2 is 1.16 bits per heavy atom. The molecule has 0 bridgehead atoms. The number of allylic oxidation sites excluding steroid dienone is 18. The van der Waals surface area contributed by atoms with Crippen molar-refractivity contribution in [1.82, 2.24) is 0 Å². The molecular weight excluding hydrogens is 790 g/mol. The Morgan fingerprint density at radius 1 is 0.623 bits per heavy atom. The molecule has 0 radical (unpaired) electrons. The number of aliphatic hydroxyl groups is 1. The maximum atomic E-state index is 12.7. The van der Waals surface area contributed by atoms with Crippen LogP contribution in [0.2, 0.25) is 0 Å². The van der Waals surface area contributed by atoms with Crippen LogP contribution in [0.5, 0.6) is 0 Å². The molecule has 0 aromatic carbocycles. The molecule has 0 saturated carbocycles. The average molecular weight is 870 g/mol. The van der Waals surface area contributed by atoms with Crippen LogP contribution in [0, 0.1) is 0 Å². The molecule has 10 nitrogen and oxygen atoms in total. The summed E-state index contributed by atoms with van der Waals surface area (Å²) in [7, 11) is 1.03. The molecule has 0 fully saturated rings. The standard InChI is InChI=1S/C50H80NO9P/c1-6-8-10-12-14-15-16-17-18-19-20-21-22-23-24-25-30-34-38-42-50(54)60-48(46-59-61(55,56)58-44-43-51(3,4)5)45-57-49(53)41-37-33-29-27-26-28-32-36-40-47(52)39-35-31-13-11-9-7-2/h9,11,14-15,17-18,20-21,23-24,27-32,34-36,40,47-48,52H,6-8,10,12-13,16,19,22,25-26,33,37-39,41-46H2,1-5H3/b11-9-,15-14-,18-17-,21-20-,24-23-,29-27-,32-28-,34-30-,35-31-,40-36+/t47?,48-/m1/s1. The molecule has 0 aliphatic rings. The van der Waals surface area contributed by atoms with E-state index in [0.717, 1.165) is 38.5 Å². The van der Waals surface area contributed by atoms with E-state index in [1.54, 1.807) is 6.08 Å². The van der Waals surface area contributed by atoms with E-state index in [1.165, 1.54) is 25.7 Å². The van der Waals surface area contributed by atoms with Crippen LogP contribution in [0.4, 0.5) is 0 Å². The Labute approximate surface area is 370 Å². The van der Waals surface area contributed by atoms with Gasteiger partial charge in [0.25, 0.3) is 7.82 Å². The van der Waals surface area contributed by atoms with Crippen LogP contribution in [-0.4, -0.2) is 81.2 Å². The van der Waals surface area contributed by atoms with Gasteiger partial charge in [0.15, 0.2) is 6.10 Å². The van der Waals surface area contributed by atoms with E-state index >= 15 is 0 Å². The highest BCUT2D eigenvalue weighted by Crippen LogP contribution is 2.38. The quantitative estimate of drug-likeness (QED) is 0.0161. The van der Waals surface area contributed by atoms with Crippen LogP contribution < -0.4 is 4.89 Å². The summed E-state index contributed by atoms with van der Waals surface area (Å²) in [5.74, 6) is -1.05. The number of likely N-dealkylation sites (N-methyl/N-ethyl adjacent to an activating group) is 1. The molecular formula is C50H80NO9P. The summed E-state index contributed by atoms with van der Waals surface area (Å²) in [6.45, 7) is 3.80. The Bertz CT molecular complexity index is 1460. The highest BCUT2D eigenvalue weighted by molar-refractivity contribution is 7.45. The molecule has 0 aliphatic heterocycles. The van der Waals surface area contributed by atoms with E-state index in [-0.39, 0.29) is 26.1 Å². The average Bonchev–Trinajstić information content (AvgIpc) is 3.21. The second kappa shape index (κ2) is 40.4. The molecule has 0 heterocycles. The molecule has 0 rings (SSSR count). The zero-order valence-electron chi connectivity index (χ0n) is 38.2. The van der Waals surface area contributed by atoms with E-state index in [9.17, 15) is 24.2 Å². The van der Waals surface area contributed by atoms with Crippen LogP contribution in [0.25, 0.3) is 0 Å². The monoisotopic (exact) mass is 870 g/mol. The molecule has 61 heavy (non-hydrogen) atoms. The van der Waals surface area contributed by atoms with Crippen molar-refractivity contribution in [3.05, 3.63) is 122 Å². The van der Waals surface area contributed by atoms with Crippen molar-refractivity contribution in [2.24, 2.45) is 0 Å². The smallest absolute Gasteiger partial charge is 0.306 e. The minimum absolute atomic E-state index is 0.0688. The van der Waals surface area contributed by atoms with Gasteiger partial charge in [-0.2, -0.15) is 0 Å². The number of carbonyl (C=O) groups is 2. The summed E-state index contributed by atoms with van der Waals surface area (Å²) < 4.78 is 33.7. The van der Waals surface area contributed by atoms with Crippen molar-refractivity contribution < 1.29 is 47.2 Å². The number of hydrogen-bond donors (Lipinski definition) is 1. The van der Waals surface area contributed by atoms with Crippen LogP contribution in [0.3, 0.4) is 0 Å².